The van der Waals surface area contributed by atoms with Gasteiger partial charge >= 0.3 is 0 Å². The van der Waals surface area contributed by atoms with E-state index in [4.69, 9.17) is 0 Å². The van der Waals surface area contributed by atoms with E-state index in [0.29, 0.717) is 31.2 Å². The van der Waals surface area contributed by atoms with Crippen LogP contribution in [0.2, 0.25) is 0 Å². The Morgan fingerprint density at radius 1 is 1.25 bits per heavy atom. The zero-order valence-corrected chi connectivity index (χ0v) is 11.7. The average molecular weight is 278 g/mol. The largest absolute Gasteiger partial charge is 0.390 e. The Bertz CT molecular complexity index is 462. The van der Waals surface area contributed by atoms with Crippen molar-refractivity contribution >= 4 is 11.8 Å². The summed E-state index contributed by atoms with van der Waals surface area (Å²) in [5.41, 5.74) is -1.04. The Labute approximate surface area is 118 Å². The van der Waals surface area contributed by atoms with Crippen LogP contribution in [0.4, 0.5) is 0 Å². The highest BCUT2D eigenvalue weighted by Crippen LogP contribution is 2.61. The van der Waals surface area contributed by atoms with Crippen molar-refractivity contribution in [3.8, 4) is 0 Å². The molecule has 1 aliphatic heterocycles. The monoisotopic (exact) mass is 278 g/mol. The standard InChI is InChI=1S/C15H22N2O3/c18-12-11(1-2-16-12)17-13(19)14-4-9-3-10(5-14)7-15(20,6-9)8-14/h9-11,20H,1-8H2,(H,16,18)(H,17,19)/t9?,10?,11-,14?,15?/m1/s1. The normalized spacial score (nSPS) is 49.2. The summed E-state index contributed by atoms with van der Waals surface area (Å²) in [7, 11) is 0. The molecular formula is C15H22N2O3. The first-order valence-electron chi connectivity index (χ1n) is 7.79. The molecule has 4 aliphatic carbocycles. The van der Waals surface area contributed by atoms with Crippen molar-refractivity contribution in [2.75, 3.05) is 6.54 Å². The number of carbonyl (C=O) groups is 2. The molecule has 20 heavy (non-hydrogen) atoms. The van der Waals surface area contributed by atoms with E-state index in [1.54, 1.807) is 0 Å². The Kier molecular flexibility index (Phi) is 2.50. The van der Waals surface area contributed by atoms with E-state index in [1.165, 1.54) is 6.42 Å². The van der Waals surface area contributed by atoms with Gasteiger partial charge in [-0.05, 0) is 56.8 Å². The highest BCUT2D eigenvalue weighted by atomic mass is 16.3. The Morgan fingerprint density at radius 3 is 2.50 bits per heavy atom. The SMILES string of the molecule is O=C1NCC[C@H]1NC(=O)C12CC3CC(CC(O)(C3)C1)C2. The third-order valence-corrected chi connectivity index (χ3v) is 5.87. The van der Waals surface area contributed by atoms with Gasteiger partial charge in [0.05, 0.1) is 11.0 Å². The number of hydrogen-bond donors (Lipinski definition) is 3. The lowest BCUT2D eigenvalue weighted by Gasteiger charge is -2.59. The van der Waals surface area contributed by atoms with Crippen LogP contribution in [0.3, 0.4) is 0 Å². The molecule has 0 aromatic rings. The van der Waals surface area contributed by atoms with Crippen molar-refractivity contribution in [2.45, 2.75) is 56.6 Å². The van der Waals surface area contributed by atoms with Gasteiger partial charge in [0.25, 0.3) is 0 Å². The summed E-state index contributed by atoms with van der Waals surface area (Å²) in [6.45, 7) is 0.645. The van der Waals surface area contributed by atoms with E-state index in [2.05, 4.69) is 10.6 Å². The van der Waals surface area contributed by atoms with E-state index in [-0.39, 0.29) is 17.9 Å². The maximum Gasteiger partial charge on any atom is 0.242 e. The van der Waals surface area contributed by atoms with Gasteiger partial charge < -0.3 is 15.7 Å². The van der Waals surface area contributed by atoms with Crippen molar-refractivity contribution in [2.24, 2.45) is 17.3 Å². The van der Waals surface area contributed by atoms with Gasteiger partial charge in [0.15, 0.2) is 0 Å². The molecule has 1 saturated heterocycles. The molecule has 0 aromatic heterocycles. The van der Waals surface area contributed by atoms with Crippen LogP contribution in [0.5, 0.6) is 0 Å². The minimum absolute atomic E-state index is 0.00655. The second-order valence-electron chi connectivity index (χ2n) is 7.57. The third-order valence-electron chi connectivity index (χ3n) is 5.87. The molecule has 5 rings (SSSR count). The molecule has 4 saturated carbocycles. The fourth-order valence-corrected chi connectivity index (χ4v) is 5.52. The topological polar surface area (TPSA) is 78.4 Å². The molecule has 3 N–H and O–H groups in total. The van der Waals surface area contributed by atoms with Crippen molar-refractivity contribution in [3.63, 3.8) is 0 Å². The summed E-state index contributed by atoms with van der Waals surface area (Å²) < 4.78 is 0. The van der Waals surface area contributed by atoms with Crippen molar-refractivity contribution in [3.05, 3.63) is 0 Å². The van der Waals surface area contributed by atoms with Gasteiger partial charge in [-0.15, -0.1) is 0 Å². The molecule has 0 spiro atoms. The van der Waals surface area contributed by atoms with Gasteiger partial charge in [0.1, 0.15) is 6.04 Å². The van der Waals surface area contributed by atoms with Crippen molar-refractivity contribution in [1.29, 1.82) is 0 Å². The van der Waals surface area contributed by atoms with Crippen molar-refractivity contribution in [1.82, 2.24) is 10.6 Å². The minimum atomic E-state index is -0.626. The minimum Gasteiger partial charge on any atom is -0.390 e. The lowest BCUT2D eigenvalue weighted by molar-refractivity contribution is -0.178. The lowest BCUT2D eigenvalue weighted by Crippen LogP contribution is -2.61. The van der Waals surface area contributed by atoms with Crippen LogP contribution in [0.1, 0.15) is 44.9 Å². The highest BCUT2D eigenvalue weighted by Gasteiger charge is 2.60. The molecule has 5 heteroatoms. The summed E-state index contributed by atoms with van der Waals surface area (Å²) in [6, 6.07) is -0.370. The van der Waals surface area contributed by atoms with Gasteiger partial charge in [-0.2, -0.15) is 0 Å². The molecule has 0 aromatic carbocycles. The predicted octanol–water partition coefficient (Wildman–Crippen LogP) is 0.322. The first-order chi connectivity index (χ1) is 9.48. The summed E-state index contributed by atoms with van der Waals surface area (Å²) in [5.74, 6) is 0.919. The van der Waals surface area contributed by atoms with Gasteiger partial charge in [-0.3, -0.25) is 9.59 Å². The lowest BCUT2D eigenvalue weighted by atomic mass is 9.47. The van der Waals surface area contributed by atoms with Crippen LogP contribution in [0, 0.1) is 17.3 Å². The number of nitrogens with one attached hydrogen (secondary N) is 2. The van der Waals surface area contributed by atoms with Crippen LogP contribution in [0.15, 0.2) is 0 Å². The van der Waals surface area contributed by atoms with Crippen molar-refractivity contribution < 1.29 is 14.7 Å². The third kappa shape index (κ3) is 1.79. The second-order valence-corrected chi connectivity index (χ2v) is 7.57. The molecule has 2 unspecified atom stereocenters. The average Bonchev–Trinajstić information content (AvgIpc) is 2.71. The quantitative estimate of drug-likeness (QED) is 0.681. The first kappa shape index (κ1) is 12.6. The number of amides is 2. The highest BCUT2D eigenvalue weighted by molar-refractivity contribution is 5.91. The molecule has 2 amide bonds. The molecule has 5 aliphatic rings. The Morgan fingerprint density at radius 2 is 1.95 bits per heavy atom. The summed E-state index contributed by atoms with van der Waals surface area (Å²) in [5, 5.41) is 16.4. The van der Waals surface area contributed by atoms with Gasteiger partial charge in [0.2, 0.25) is 11.8 Å². The number of aliphatic hydroxyl groups is 1. The summed E-state index contributed by atoms with van der Waals surface area (Å²) in [4.78, 5) is 24.4. The molecule has 4 bridgehead atoms. The number of hydrogen-bond acceptors (Lipinski definition) is 3. The van der Waals surface area contributed by atoms with Gasteiger partial charge in [-0.1, -0.05) is 0 Å². The predicted molar refractivity (Wildman–Crippen MR) is 71.6 cm³/mol. The van der Waals surface area contributed by atoms with Gasteiger partial charge in [-0.25, -0.2) is 0 Å². The molecule has 1 heterocycles. The Balaban J connectivity index is 1.55. The molecule has 5 fully saturated rings. The van der Waals surface area contributed by atoms with Crippen LogP contribution in [-0.2, 0) is 9.59 Å². The van der Waals surface area contributed by atoms with Gasteiger partial charge in [0, 0.05) is 6.54 Å². The fraction of sp³-hybridized carbons (Fsp3) is 0.867. The summed E-state index contributed by atoms with van der Waals surface area (Å²) in [6.07, 6.45) is 5.95. The smallest absolute Gasteiger partial charge is 0.242 e. The van der Waals surface area contributed by atoms with Crippen LogP contribution in [-0.4, -0.2) is 35.1 Å². The fourth-order valence-electron chi connectivity index (χ4n) is 5.52. The van der Waals surface area contributed by atoms with E-state index in [9.17, 15) is 14.7 Å². The molecule has 3 atom stereocenters. The van der Waals surface area contributed by atoms with E-state index in [0.717, 1.165) is 25.7 Å². The van der Waals surface area contributed by atoms with E-state index in [1.807, 2.05) is 0 Å². The van der Waals surface area contributed by atoms with Crippen LogP contribution in [0.25, 0.3) is 0 Å². The maximum atomic E-state index is 12.7. The van der Waals surface area contributed by atoms with E-state index >= 15 is 0 Å². The van der Waals surface area contributed by atoms with E-state index < -0.39 is 11.0 Å². The molecule has 110 valence electrons. The Hall–Kier alpha value is -1.10. The maximum absolute atomic E-state index is 12.7. The molecule has 5 nitrogen and oxygen atoms in total. The number of carbonyl (C=O) groups excluding carboxylic acids is 2. The van der Waals surface area contributed by atoms with Crippen LogP contribution < -0.4 is 10.6 Å². The van der Waals surface area contributed by atoms with Crippen LogP contribution >= 0.6 is 0 Å². The first-order valence-corrected chi connectivity index (χ1v) is 7.79. The molecular weight excluding hydrogens is 256 g/mol. The zero-order valence-electron chi connectivity index (χ0n) is 11.7. The number of rotatable bonds is 2. The second kappa shape index (κ2) is 3.97. The molecule has 0 radical (unpaired) electrons. The summed E-state index contributed by atoms with van der Waals surface area (Å²) >= 11 is 0. The zero-order chi connectivity index (χ0) is 14.0.